The molecule has 1 N–H and O–H groups in total. The summed E-state index contributed by atoms with van der Waals surface area (Å²) in [5, 5.41) is 13.7. The fourth-order valence-electron chi connectivity index (χ4n) is 1.34. The predicted molar refractivity (Wildman–Crippen MR) is 51.1 cm³/mol. The molecule has 2 aromatic carbocycles. The van der Waals surface area contributed by atoms with Crippen LogP contribution in [0.5, 0.6) is 5.75 Å². The van der Waals surface area contributed by atoms with Crippen molar-refractivity contribution in [1.29, 1.82) is 0 Å². The van der Waals surface area contributed by atoms with Crippen LogP contribution in [0.2, 0.25) is 0 Å². The molecule has 74 valence electrons. The number of nitrogens with zero attached hydrogens (tertiary/aromatic N) is 1. The summed E-state index contributed by atoms with van der Waals surface area (Å²) in [4.78, 5) is 10.4. The third kappa shape index (κ3) is 1.67. The molecule has 0 aliphatic heterocycles. The minimum absolute atomic E-state index is 0. The molecule has 4 heteroatoms. The average Bonchev–Trinajstić information content (AvgIpc) is 2.18. The Kier molecular flexibility index (Phi) is 3.34. The standard InChI is InChI=1S/C10H7NO2.Pd/c12-9-6-5-7-3-1-2-4-8(7)10(9)11-13;/h1-6,12H;. The van der Waals surface area contributed by atoms with E-state index in [0.29, 0.717) is 5.39 Å². The molecule has 0 atom stereocenters. The minimum atomic E-state index is -0.0753. The first-order valence-corrected chi connectivity index (χ1v) is 3.87. The molecule has 0 fully saturated rings. The first-order valence-electron chi connectivity index (χ1n) is 3.87. The number of aromatic hydroxyl groups is 1. The second kappa shape index (κ2) is 4.32. The molecule has 0 saturated carbocycles. The van der Waals surface area contributed by atoms with Crippen molar-refractivity contribution in [3.63, 3.8) is 0 Å². The molecule has 0 aliphatic rings. The first kappa shape index (κ1) is 10.8. The van der Waals surface area contributed by atoms with Gasteiger partial charge in [-0.2, -0.15) is 0 Å². The average molecular weight is 280 g/mol. The van der Waals surface area contributed by atoms with Gasteiger partial charge >= 0.3 is 0 Å². The molecule has 2 aromatic rings. The second-order valence-corrected chi connectivity index (χ2v) is 2.75. The van der Waals surface area contributed by atoms with Gasteiger partial charge < -0.3 is 5.11 Å². The number of fused-ring (bicyclic) bond motifs is 1. The van der Waals surface area contributed by atoms with Gasteiger partial charge in [0.05, 0.1) is 0 Å². The number of benzene rings is 2. The zero-order valence-electron chi connectivity index (χ0n) is 7.08. The number of phenols is 1. The quantitative estimate of drug-likeness (QED) is 0.644. The van der Waals surface area contributed by atoms with E-state index >= 15 is 0 Å². The Morgan fingerprint density at radius 1 is 1.07 bits per heavy atom. The zero-order chi connectivity index (χ0) is 9.26. The third-order valence-corrected chi connectivity index (χ3v) is 1.97. The van der Waals surface area contributed by atoms with Crippen molar-refractivity contribution in [3.05, 3.63) is 41.3 Å². The fourth-order valence-corrected chi connectivity index (χ4v) is 1.34. The molecule has 0 radical (unpaired) electrons. The van der Waals surface area contributed by atoms with Gasteiger partial charge in [0.1, 0.15) is 5.75 Å². The van der Waals surface area contributed by atoms with Crippen LogP contribution < -0.4 is 0 Å². The Morgan fingerprint density at radius 2 is 1.79 bits per heavy atom. The number of phenolic OH excluding ortho intramolecular Hbond substituents is 1. The topological polar surface area (TPSA) is 49.7 Å². The first-order chi connectivity index (χ1) is 6.33. The molecular formula is C10H7NO2Pd. The third-order valence-electron chi connectivity index (χ3n) is 1.97. The minimum Gasteiger partial charge on any atom is -0.506 e. The molecule has 0 bridgehead atoms. The van der Waals surface area contributed by atoms with Gasteiger partial charge in [-0.15, -0.1) is 4.91 Å². The van der Waals surface area contributed by atoms with Gasteiger partial charge in [0.15, 0.2) is 5.69 Å². The van der Waals surface area contributed by atoms with Crippen molar-refractivity contribution in [1.82, 2.24) is 0 Å². The van der Waals surface area contributed by atoms with E-state index in [2.05, 4.69) is 5.18 Å². The summed E-state index contributed by atoms with van der Waals surface area (Å²) in [7, 11) is 0. The largest absolute Gasteiger partial charge is 0.506 e. The molecule has 0 unspecified atom stereocenters. The maximum Gasteiger partial charge on any atom is 0.157 e. The van der Waals surface area contributed by atoms with Crippen LogP contribution in [-0.2, 0) is 20.4 Å². The van der Waals surface area contributed by atoms with Crippen LogP contribution in [0.4, 0.5) is 5.69 Å². The van der Waals surface area contributed by atoms with Gasteiger partial charge in [0, 0.05) is 25.8 Å². The number of rotatable bonds is 1. The van der Waals surface area contributed by atoms with Gasteiger partial charge in [-0.05, 0) is 16.6 Å². The molecule has 0 saturated heterocycles. The maximum absolute atomic E-state index is 10.4. The molecular weight excluding hydrogens is 273 g/mol. The smallest absolute Gasteiger partial charge is 0.157 e. The predicted octanol–water partition coefficient (Wildman–Crippen LogP) is 2.94. The van der Waals surface area contributed by atoms with Crippen LogP contribution in [0.3, 0.4) is 0 Å². The van der Waals surface area contributed by atoms with Crippen LogP contribution in [0.25, 0.3) is 10.8 Å². The maximum atomic E-state index is 10.4. The van der Waals surface area contributed by atoms with E-state index in [1.54, 1.807) is 18.2 Å². The van der Waals surface area contributed by atoms with Crippen LogP contribution in [0.15, 0.2) is 41.6 Å². The monoisotopic (exact) mass is 279 g/mol. The molecule has 0 heterocycles. The summed E-state index contributed by atoms with van der Waals surface area (Å²) in [5.41, 5.74) is 0.109. The van der Waals surface area contributed by atoms with Crippen molar-refractivity contribution < 1.29 is 25.5 Å². The normalized spacial score (nSPS) is 9.43. The number of hydrogen-bond donors (Lipinski definition) is 1. The zero-order valence-corrected chi connectivity index (χ0v) is 8.64. The molecule has 2 rings (SSSR count). The van der Waals surface area contributed by atoms with E-state index in [1.165, 1.54) is 6.07 Å². The van der Waals surface area contributed by atoms with E-state index in [0.717, 1.165) is 5.39 Å². The van der Waals surface area contributed by atoms with Crippen molar-refractivity contribution in [2.45, 2.75) is 0 Å². The van der Waals surface area contributed by atoms with E-state index in [-0.39, 0.29) is 31.9 Å². The Hall–Kier alpha value is -1.24. The fraction of sp³-hybridized carbons (Fsp3) is 0. The summed E-state index contributed by atoms with van der Waals surface area (Å²) in [6, 6.07) is 10.5. The van der Waals surface area contributed by atoms with Gasteiger partial charge in [-0.3, -0.25) is 0 Å². The van der Waals surface area contributed by atoms with E-state index in [1.807, 2.05) is 12.1 Å². The summed E-state index contributed by atoms with van der Waals surface area (Å²) >= 11 is 0. The second-order valence-electron chi connectivity index (χ2n) is 2.75. The van der Waals surface area contributed by atoms with Crippen molar-refractivity contribution in [3.8, 4) is 5.75 Å². The van der Waals surface area contributed by atoms with Crippen LogP contribution in [0, 0.1) is 4.91 Å². The Morgan fingerprint density at radius 3 is 2.50 bits per heavy atom. The van der Waals surface area contributed by atoms with Gasteiger partial charge in [0.25, 0.3) is 0 Å². The van der Waals surface area contributed by atoms with Crippen molar-refractivity contribution in [2.24, 2.45) is 5.18 Å². The SMILES string of the molecule is O=Nc1c(O)ccc2ccccc12.[Pd]. The van der Waals surface area contributed by atoms with Crippen LogP contribution in [-0.4, -0.2) is 5.11 Å². The van der Waals surface area contributed by atoms with E-state index < -0.39 is 0 Å². The molecule has 0 aromatic heterocycles. The molecule has 0 aliphatic carbocycles. The summed E-state index contributed by atoms with van der Waals surface area (Å²) in [5.74, 6) is -0.0753. The van der Waals surface area contributed by atoms with Crippen LogP contribution >= 0.6 is 0 Å². The van der Waals surface area contributed by atoms with Crippen molar-refractivity contribution in [2.75, 3.05) is 0 Å². The Balaban J connectivity index is 0.000000980. The summed E-state index contributed by atoms with van der Waals surface area (Å²) < 4.78 is 0. The number of hydrogen-bond acceptors (Lipinski definition) is 3. The van der Waals surface area contributed by atoms with Crippen LogP contribution in [0.1, 0.15) is 0 Å². The van der Waals surface area contributed by atoms with E-state index in [4.69, 9.17) is 0 Å². The summed E-state index contributed by atoms with van der Waals surface area (Å²) in [6.07, 6.45) is 0. The molecule has 0 spiro atoms. The van der Waals surface area contributed by atoms with Gasteiger partial charge in [-0.25, -0.2) is 0 Å². The Bertz CT molecular complexity index is 471. The summed E-state index contributed by atoms with van der Waals surface area (Å²) in [6.45, 7) is 0. The van der Waals surface area contributed by atoms with Gasteiger partial charge in [0.2, 0.25) is 0 Å². The molecule has 3 nitrogen and oxygen atoms in total. The Labute approximate surface area is 94.4 Å². The number of nitroso groups, excluding NO2 is 1. The van der Waals surface area contributed by atoms with E-state index in [9.17, 15) is 10.0 Å². The molecule has 14 heavy (non-hydrogen) atoms. The van der Waals surface area contributed by atoms with Gasteiger partial charge in [-0.1, -0.05) is 30.3 Å². The van der Waals surface area contributed by atoms with Crippen molar-refractivity contribution >= 4 is 16.5 Å². The molecule has 0 amide bonds.